The number of hydrogen-bond donors (Lipinski definition) is 3. The number of nitrogens with one attached hydrogen (secondary N) is 2. The fraction of sp³-hybridized carbons (Fsp3) is 0.294. The summed E-state index contributed by atoms with van der Waals surface area (Å²) in [5.41, 5.74) is 7.22. The number of carbonyl (C=O) groups excluding carboxylic acids is 2. The van der Waals surface area contributed by atoms with Crippen molar-refractivity contribution in [3.63, 3.8) is 0 Å². The number of amides is 3. The molecule has 4 N–H and O–H groups in total. The molecule has 2 aromatic rings. The molecule has 8 nitrogen and oxygen atoms in total. The Labute approximate surface area is 145 Å². The molecule has 0 bridgehead atoms. The van der Waals surface area contributed by atoms with E-state index in [0.29, 0.717) is 12.4 Å². The van der Waals surface area contributed by atoms with E-state index < -0.39 is 5.91 Å². The monoisotopic (exact) mass is 340 g/mol. The highest BCUT2D eigenvalue weighted by Gasteiger charge is 2.19. The van der Waals surface area contributed by atoms with Crippen molar-refractivity contribution < 1.29 is 9.59 Å². The number of hydrogen-bond acceptors (Lipinski definition) is 5. The lowest BCUT2D eigenvalue weighted by atomic mass is 10.1. The molecule has 1 atom stereocenters. The molecule has 1 aliphatic heterocycles. The summed E-state index contributed by atoms with van der Waals surface area (Å²) in [5.74, 6) is -0.142. The van der Waals surface area contributed by atoms with Gasteiger partial charge in [0.25, 0.3) is 5.91 Å². The Kier molecular flexibility index (Phi) is 4.78. The van der Waals surface area contributed by atoms with Crippen LogP contribution in [0.2, 0.25) is 0 Å². The van der Waals surface area contributed by atoms with E-state index in [-0.39, 0.29) is 17.8 Å². The quantitative estimate of drug-likeness (QED) is 0.766. The zero-order valence-corrected chi connectivity index (χ0v) is 13.9. The topological polar surface area (TPSA) is 113 Å². The number of primary amides is 1. The second kappa shape index (κ2) is 7.16. The van der Waals surface area contributed by atoms with Crippen LogP contribution in [0.25, 0.3) is 0 Å². The SMILES string of the molecule is CC(Nc1cncc(C(N)=O)n1)c1ccc(N2CCCNC2=O)cc1. The number of urea groups is 1. The van der Waals surface area contributed by atoms with Gasteiger partial charge in [-0.05, 0) is 31.0 Å². The van der Waals surface area contributed by atoms with Crippen molar-refractivity contribution in [2.24, 2.45) is 5.73 Å². The summed E-state index contributed by atoms with van der Waals surface area (Å²) in [6, 6.07) is 7.64. The molecule has 1 aromatic carbocycles. The van der Waals surface area contributed by atoms with E-state index in [1.807, 2.05) is 31.2 Å². The number of aromatic nitrogens is 2. The van der Waals surface area contributed by atoms with Gasteiger partial charge in [-0.25, -0.2) is 9.78 Å². The highest BCUT2D eigenvalue weighted by Crippen LogP contribution is 2.22. The molecule has 1 aliphatic rings. The zero-order chi connectivity index (χ0) is 17.8. The number of nitrogens with zero attached hydrogens (tertiary/aromatic N) is 3. The number of rotatable bonds is 5. The normalized spacial score (nSPS) is 15.4. The van der Waals surface area contributed by atoms with Crippen LogP contribution in [0.5, 0.6) is 0 Å². The largest absolute Gasteiger partial charge is 0.364 e. The fourth-order valence-corrected chi connectivity index (χ4v) is 2.68. The maximum absolute atomic E-state index is 11.9. The van der Waals surface area contributed by atoms with Gasteiger partial charge in [-0.2, -0.15) is 0 Å². The van der Waals surface area contributed by atoms with Gasteiger partial charge in [0.05, 0.1) is 12.4 Å². The lowest BCUT2D eigenvalue weighted by Crippen LogP contribution is -2.46. The van der Waals surface area contributed by atoms with Crippen LogP contribution >= 0.6 is 0 Å². The minimum atomic E-state index is -0.618. The molecule has 1 saturated heterocycles. The summed E-state index contributed by atoms with van der Waals surface area (Å²) in [6.07, 6.45) is 3.80. The van der Waals surface area contributed by atoms with Crippen molar-refractivity contribution in [3.8, 4) is 0 Å². The van der Waals surface area contributed by atoms with Crippen molar-refractivity contribution in [3.05, 3.63) is 47.9 Å². The first-order chi connectivity index (χ1) is 12.0. The Morgan fingerprint density at radius 2 is 2.08 bits per heavy atom. The van der Waals surface area contributed by atoms with E-state index in [9.17, 15) is 9.59 Å². The molecule has 0 spiro atoms. The molecule has 3 rings (SSSR count). The van der Waals surface area contributed by atoms with Crippen molar-refractivity contribution in [1.82, 2.24) is 15.3 Å². The van der Waals surface area contributed by atoms with Gasteiger partial charge in [-0.3, -0.25) is 14.7 Å². The second-order valence-electron chi connectivity index (χ2n) is 5.85. The molecular weight excluding hydrogens is 320 g/mol. The summed E-state index contributed by atoms with van der Waals surface area (Å²) in [4.78, 5) is 32.9. The number of nitrogens with two attached hydrogens (primary N) is 1. The van der Waals surface area contributed by atoms with Crippen LogP contribution < -0.4 is 21.3 Å². The average Bonchev–Trinajstić information content (AvgIpc) is 2.62. The highest BCUT2D eigenvalue weighted by molar-refractivity contribution is 5.92. The molecule has 1 aromatic heterocycles. The average molecular weight is 340 g/mol. The molecule has 130 valence electrons. The second-order valence-corrected chi connectivity index (χ2v) is 5.85. The summed E-state index contributed by atoms with van der Waals surface area (Å²) in [6.45, 7) is 3.41. The highest BCUT2D eigenvalue weighted by atomic mass is 16.2. The third-order valence-corrected chi connectivity index (χ3v) is 4.04. The van der Waals surface area contributed by atoms with E-state index in [2.05, 4.69) is 20.6 Å². The van der Waals surface area contributed by atoms with E-state index in [0.717, 1.165) is 24.2 Å². The van der Waals surface area contributed by atoms with Gasteiger partial charge in [-0.1, -0.05) is 12.1 Å². The molecule has 0 aliphatic carbocycles. The van der Waals surface area contributed by atoms with Crippen molar-refractivity contribution in [2.75, 3.05) is 23.3 Å². The summed E-state index contributed by atoms with van der Waals surface area (Å²) >= 11 is 0. The maximum atomic E-state index is 11.9. The van der Waals surface area contributed by atoms with Crippen LogP contribution in [0.15, 0.2) is 36.7 Å². The van der Waals surface area contributed by atoms with Crippen molar-refractivity contribution in [2.45, 2.75) is 19.4 Å². The predicted molar refractivity (Wildman–Crippen MR) is 94.4 cm³/mol. The predicted octanol–water partition coefficient (Wildman–Crippen LogP) is 1.67. The first kappa shape index (κ1) is 16.7. The van der Waals surface area contributed by atoms with Gasteiger partial charge in [0.2, 0.25) is 0 Å². The summed E-state index contributed by atoms with van der Waals surface area (Å²) < 4.78 is 0. The van der Waals surface area contributed by atoms with E-state index >= 15 is 0 Å². The van der Waals surface area contributed by atoms with Gasteiger partial charge in [0, 0.05) is 24.8 Å². The molecule has 3 amide bonds. The molecule has 1 unspecified atom stereocenters. The molecular formula is C17H20N6O2. The van der Waals surface area contributed by atoms with Gasteiger partial charge >= 0.3 is 6.03 Å². The Morgan fingerprint density at radius 3 is 2.76 bits per heavy atom. The Morgan fingerprint density at radius 1 is 1.32 bits per heavy atom. The smallest absolute Gasteiger partial charge is 0.321 e. The van der Waals surface area contributed by atoms with Crippen molar-refractivity contribution >= 4 is 23.4 Å². The third kappa shape index (κ3) is 3.85. The van der Waals surface area contributed by atoms with Crippen LogP contribution in [-0.2, 0) is 0 Å². The third-order valence-electron chi connectivity index (χ3n) is 4.04. The van der Waals surface area contributed by atoms with Gasteiger partial charge in [-0.15, -0.1) is 0 Å². The van der Waals surface area contributed by atoms with Crippen LogP contribution in [0.1, 0.15) is 35.4 Å². The van der Waals surface area contributed by atoms with E-state index in [1.165, 1.54) is 12.4 Å². The van der Waals surface area contributed by atoms with Crippen molar-refractivity contribution in [1.29, 1.82) is 0 Å². The zero-order valence-electron chi connectivity index (χ0n) is 13.9. The molecule has 0 radical (unpaired) electrons. The number of carbonyl (C=O) groups is 2. The van der Waals surface area contributed by atoms with E-state index in [1.54, 1.807) is 4.90 Å². The fourth-order valence-electron chi connectivity index (χ4n) is 2.68. The number of benzene rings is 1. The molecule has 8 heteroatoms. The first-order valence-electron chi connectivity index (χ1n) is 8.08. The minimum Gasteiger partial charge on any atom is -0.364 e. The van der Waals surface area contributed by atoms with Crippen LogP contribution in [-0.4, -0.2) is 35.0 Å². The van der Waals surface area contributed by atoms with Gasteiger partial charge in [0.15, 0.2) is 0 Å². The van der Waals surface area contributed by atoms with Crippen LogP contribution in [0.4, 0.5) is 16.3 Å². The Bertz CT molecular complexity index is 777. The van der Waals surface area contributed by atoms with Crippen LogP contribution in [0.3, 0.4) is 0 Å². The molecule has 2 heterocycles. The first-order valence-corrected chi connectivity index (χ1v) is 8.08. The molecule has 1 fully saturated rings. The van der Waals surface area contributed by atoms with E-state index in [4.69, 9.17) is 5.73 Å². The lowest BCUT2D eigenvalue weighted by molar-refractivity contribution is 0.0995. The standard InChI is InChI=1S/C17H20N6O2/c1-11(21-15-10-19-9-14(22-15)16(18)24)12-3-5-13(6-4-12)23-8-2-7-20-17(23)25/h3-6,9-11H,2,7-8H2,1H3,(H2,18,24)(H,20,25)(H,21,22). The lowest BCUT2D eigenvalue weighted by Gasteiger charge is -2.27. The summed E-state index contributed by atoms with van der Waals surface area (Å²) in [5, 5.41) is 6.02. The summed E-state index contributed by atoms with van der Waals surface area (Å²) in [7, 11) is 0. The van der Waals surface area contributed by atoms with Gasteiger partial charge < -0.3 is 16.4 Å². The van der Waals surface area contributed by atoms with Gasteiger partial charge in [0.1, 0.15) is 11.5 Å². The number of anilines is 2. The Balaban J connectivity index is 1.70. The van der Waals surface area contributed by atoms with Crippen LogP contribution in [0, 0.1) is 0 Å². The molecule has 25 heavy (non-hydrogen) atoms. The Hall–Kier alpha value is -3.16. The minimum absolute atomic E-state index is 0.0540. The molecule has 0 saturated carbocycles. The maximum Gasteiger partial charge on any atom is 0.321 e.